The first-order valence-corrected chi connectivity index (χ1v) is 11.9. The van der Waals surface area contributed by atoms with Gasteiger partial charge in [-0.05, 0) is 66.4 Å². The fourth-order valence-corrected chi connectivity index (χ4v) is 4.92. The Labute approximate surface area is 205 Å². The highest BCUT2D eigenvalue weighted by molar-refractivity contribution is 7.13. The van der Waals surface area contributed by atoms with Gasteiger partial charge in [0, 0.05) is 12.2 Å². The van der Waals surface area contributed by atoms with Gasteiger partial charge in [0.25, 0.3) is 5.91 Å². The van der Waals surface area contributed by atoms with Crippen LogP contribution < -0.4 is 15.0 Å². The Bertz CT molecular complexity index is 1370. The Morgan fingerprint density at radius 3 is 2.57 bits per heavy atom. The summed E-state index contributed by atoms with van der Waals surface area (Å²) in [5.74, 6) is -0.366. The molecule has 0 unspecified atom stereocenters. The molecule has 2 aromatic heterocycles. The highest BCUT2D eigenvalue weighted by atomic mass is 32.1. The number of rotatable bonds is 6. The smallest absolute Gasteiger partial charge is 0.277 e. The van der Waals surface area contributed by atoms with Crippen molar-refractivity contribution in [2.45, 2.75) is 25.6 Å². The van der Waals surface area contributed by atoms with Crippen LogP contribution in [0.4, 0.5) is 10.1 Å². The molecule has 1 aliphatic rings. The van der Waals surface area contributed by atoms with E-state index in [4.69, 9.17) is 4.74 Å². The van der Waals surface area contributed by atoms with Gasteiger partial charge in [-0.2, -0.15) is 5.10 Å². The molecule has 0 aliphatic carbocycles. The summed E-state index contributed by atoms with van der Waals surface area (Å²) in [6, 6.07) is 18.6. The lowest BCUT2D eigenvalue weighted by atomic mass is 9.93. The van der Waals surface area contributed by atoms with Crippen LogP contribution in [0.2, 0.25) is 0 Å². The van der Waals surface area contributed by atoms with Crippen molar-refractivity contribution in [3.8, 4) is 16.3 Å². The molecule has 1 aliphatic heterocycles. The number of carbonyl (C=O) groups excluding carboxylic acids is 2. The summed E-state index contributed by atoms with van der Waals surface area (Å²) in [5, 5.41) is 9.51. The van der Waals surface area contributed by atoms with E-state index in [1.54, 1.807) is 61.2 Å². The summed E-state index contributed by atoms with van der Waals surface area (Å²) in [4.78, 5) is 29.9. The van der Waals surface area contributed by atoms with Crippen molar-refractivity contribution in [2.75, 3.05) is 12.0 Å². The third-order valence-electron chi connectivity index (χ3n) is 6.11. The van der Waals surface area contributed by atoms with Crippen LogP contribution in [-0.2, 0) is 17.9 Å². The van der Waals surface area contributed by atoms with E-state index in [2.05, 4.69) is 10.4 Å². The van der Waals surface area contributed by atoms with E-state index in [-0.39, 0.29) is 30.7 Å². The van der Waals surface area contributed by atoms with E-state index in [0.29, 0.717) is 22.8 Å². The molecule has 4 aromatic rings. The number of hydrogen-bond acceptors (Lipinski definition) is 5. The molecule has 2 amide bonds. The lowest BCUT2D eigenvalue weighted by molar-refractivity contribution is -0.126. The number of nitrogens with zero attached hydrogens (tertiary/aromatic N) is 3. The van der Waals surface area contributed by atoms with Crippen molar-refractivity contribution in [3.63, 3.8) is 0 Å². The van der Waals surface area contributed by atoms with Crippen molar-refractivity contribution in [3.05, 3.63) is 89.2 Å². The fourth-order valence-electron chi connectivity index (χ4n) is 4.24. The number of aromatic nitrogens is 2. The van der Waals surface area contributed by atoms with Crippen LogP contribution in [0.15, 0.2) is 72.1 Å². The van der Waals surface area contributed by atoms with Crippen LogP contribution in [0.1, 0.15) is 23.0 Å². The maximum Gasteiger partial charge on any atom is 0.277 e. The summed E-state index contributed by atoms with van der Waals surface area (Å²) in [5.41, 5.74) is 1.15. The van der Waals surface area contributed by atoms with Crippen LogP contribution in [0.25, 0.3) is 10.6 Å². The van der Waals surface area contributed by atoms with E-state index in [9.17, 15) is 14.0 Å². The minimum Gasteiger partial charge on any atom is -0.497 e. The predicted octanol–water partition coefficient (Wildman–Crippen LogP) is 4.49. The number of methoxy groups -OCH3 is 1. The van der Waals surface area contributed by atoms with Crippen LogP contribution in [0.3, 0.4) is 0 Å². The second-order valence-electron chi connectivity index (χ2n) is 8.47. The first-order chi connectivity index (χ1) is 16.9. The number of anilines is 1. The molecule has 2 aromatic carbocycles. The van der Waals surface area contributed by atoms with E-state index in [1.807, 2.05) is 17.5 Å². The van der Waals surface area contributed by atoms with Gasteiger partial charge >= 0.3 is 0 Å². The molecule has 0 fully saturated rings. The number of halogens is 1. The van der Waals surface area contributed by atoms with Crippen LogP contribution in [-0.4, -0.2) is 34.2 Å². The third-order valence-corrected chi connectivity index (χ3v) is 7.01. The Hall–Kier alpha value is -3.98. The standard InChI is InChI=1S/C26H23FN4O3S/c1-26(25(33)28-15-17-5-7-18(27)8-6-17)16-30-22(14-21(29-30)23-4-3-13-35-23)24(32)31(26)19-9-11-20(34-2)12-10-19/h3-14H,15-16H2,1-2H3,(H,28,33)/t26-/m0/s1. The second kappa shape index (κ2) is 8.99. The van der Waals surface area contributed by atoms with Crippen LogP contribution in [0, 0.1) is 5.82 Å². The number of carbonyl (C=O) groups is 2. The van der Waals surface area contributed by atoms with Crippen molar-refractivity contribution in [1.82, 2.24) is 15.1 Å². The van der Waals surface area contributed by atoms with E-state index in [1.165, 1.54) is 28.4 Å². The van der Waals surface area contributed by atoms with Gasteiger partial charge in [0.05, 0.1) is 18.5 Å². The quantitative estimate of drug-likeness (QED) is 0.432. The van der Waals surface area contributed by atoms with Gasteiger partial charge in [0.15, 0.2) is 0 Å². The van der Waals surface area contributed by atoms with E-state index >= 15 is 0 Å². The maximum absolute atomic E-state index is 13.8. The maximum atomic E-state index is 13.8. The van der Waals surface area contributed by atoms with E-state index < -0.39 is 5.54 Å². The van der Waals surface area contributed by atoms with Gasteiger partial charge in [-0.25, -0.2) is 4.39 Å². The number of benzene rings is 2. The molecule has 178 valence electrons. The second-order valence-corrected chi connectivity index (χ2v) is 9.42. The van der Waals surface area contributed by atoms with Gasteiger partial charge in [0.2, 0.25) is 5.91 Å². The number of ether oxygens (including phenoxy) is 1. The third kappa shape index (κ3) is 4.19. The molecule has 0 spiro atoms. The van der Waals surface area contributed by atoms with Crippen LogP contribution >= 0.6 is 11.3 Å². The first kappa shape index (κ1) is 22.8. The van der Waals surface area contributed by atoms with Crippen molar-refractivity contribution in [1.29, 1.82) is 0 Å². The van der Waals surface area contributed by atoms with Gasteiger partial charge in [-0.1, -0.05) is 18.2 Å². The lowest BCUT2D eigenvalue weighted by Crippen LogP contribution is -2.64. The average molecular weight is 491 g/mol. The molecule has 0 bridgehead atoms. The molecule has 0 radical (unpaired) electrons. The molecule has 5 rings (SSSR count). The molecular formula is C26H23FN4O3S. The molecule has 1 atom stereocenters. The minimum atomic E-state index is -1.27. The highest BCUT2D eigenvalue weighted by Gasteiger charge is 2.48. The number of hydrogen-bond donors (Lipinski definition) is 1. The largest absolute Gasteiger partial charge is 0.497 e. The summed E-state index contributed by atoms with van der Waals surface area (Å²) in [6.07, 6.45) is 0. The van der Waals surface area contributed by atoms with Crippen LogP contribution in [0.5, 0.6) is 5.75 Å². The van der Waals surface area contributed by atoms with Gasteiger partial charge in [-0.3, -0.25) is 19.2 Å². The summed E-state index contributed by atoms with van der Waals surface area (Å²) in [6.45, 7) is 2.09. The topological polar surface area (TPSA) is 76.5 Å². The normalized spacial score (nSPS) is 17.2. The molecule has 9 heteroatoms. The number of thiophene rings is 1. The zero-order valence-electron chi connectivity index (χ0n) is 19.2. The highest BCUT2D eigenvalue weighted by Crippen LogP contribution is 2.35. The summed E-state index contributed by atoms with van der Waals surface area (Å²) in [7, 11) is 1.57. The Kier molecular flexibility index (Phi) is 5.86. The Morgan fingerprint density at radius 2 is 1.91 bits per heavy atom. The molecule has 35 heavy (non-hydrogen) atoms. The zero-order valence-corrected chi connectivity index (χ0v) is 20.0. The number of amides is 2. The molecule has 0 saturated heterocycles. The lowest BCUT2D eigenvalue weighted by Gasteiger charge is -2.43. The minimum absolute atomic E-state index is 0.167. The number of nitrogens with one attached hydrogen (secondary N) is 1. The molecule has 1 N–H and O–H groups in total. The summed E-state index contributed by atoms with van der Waals surface area (Å²) < 4.78 is 20.1. The molecule has 3 heterocycles. The molecule has 7 nitrogen and oxygen atoms in total. The predicted molar refractivity (Wildman–Crippen MR) is 132 cm³/mol. The van der Waals surface area contributed by atoms with Gasteiger partial charge < -0.3 is 10.1 Å². The molecular weight excluding hydrogens is 467 g/mol. The average Bonchev–Trinajstić information content (AvgIpc) is 3.54. The van der Waals surface area contributed by atoms with Crippen molar-refractivity contribution < 1.29 is 18.7 Å². The van der Waals surface area contributed by atoms with Crippen molar-refractivity contribution >= 4 is 28.8 Å². The Balaban J connectivity index is 1.52. The Morgan fingerprint density at radius 1 is 1.17 bits per heavy atom. The fraction of sp³-hybridized carbons (Fsp3) is 0.192. The first-order valence-electron chi connectivity index (χ1n) is 11.0. The zero-order chi connectivity index (χ0) is 24.6. The van der Waals surface area contributed by atoms with Gasteiger partial charge in [-0.15, -0.1) is 11.3 Å². The summed E-state index contributed by atoms with van der Waals surface area (Å²) >= 11 is 1.53. The van der Waals surface area contributed by atoms with Gasteiger partial charge in [0.1, 0.15) is 28.5 Å². The molecule has 0 saturated carbocycles. The van der Waals surface area contributed by atoms with Crippen molar-refractivity contribution in [2.24, 2.45) is 0 Å². The number of fused-ring (bicyclic) bond motifs is 1. The monoisotopic (exact) mass is 490 g/mol. The van der Waals surface area contributed by atoms with E-state index in [0.717, 1.165) is 10.4 Å². The SMILES string of the molecule is COc1ccc(N2C(=O)c3cc(-c4cccs4)nn3C[C@@]2(C)C(=O)NCc2ccc(F)cc2)cc1.